The quantitative estimate of drug-likeness (QED) is 0.0890. The van der Waals surface area contributed by atoms with E-state index in [2.05, 4.69) is 24.2 Å². The van der Waals surface area contributed by atoms with Gasteiger partial charge in [0.25, 0.3) is 0 Å². The molecule has 54 heavy (non-hydrogen) atoms. The van der Waals surface area contributed by atoms with Crippen LogP contribution in [0.15, 0.2) is 166 Å². The van der Waals surface area contributed by atoms with Crippen LogP contribution in [0.5, 0.6) is 0 Å². The molecule has 0 amide bonds. The standard InChI is InChI=1S/C37H31N5O9S3/c38-50-53(46,47)35-21-15-32(16-22-35)41-29-9-3-26(4-10-29)37(25-1-7-28(8-2-25)40-31-13-19-34(20-14-31)52(43,44)45)27-5-11-30(12-6-27)42-33-17-23-36(24-18-33)54(48,49)51-39/h1-24,40-41H,38-39H2,(H,43,44,45). The van der Waals surface area contributed by atoms with Gasteiger partial charge in [0.1, 0.15) is 10.1 Å². The fraction of sp³-hybridized carbons (Fsp3) is 0. The van der Waals surface area contributed by atoms with Gasteiger partial charge in [-0.05, 0) is 119 Å². The van der Waals surface area contributed by atoms with Gasteiger partial charge in [-0.25, -0.2) is 13.4 Å². The molecule has 0 atom stereocenters. The minimum atomic E-state index is -4.56. The topological polar surface area (TPSA) is 234 Å². The van der Waals surface area contributed by atoms with Gasteiger partial charge in [-0.3, -0.25) is 0 Å². The van der Waals surface area contributed by atoms with Crippen LogP contribution in [0, 0.1) is 0 Å². The van der Waals surface area contributed by atoms with Crippen LogP contribution in [0.25, 0.3) is 5.57 Å². The molecule has 0 saturated carbocycles. The molecule has 0 heterocycles. The van der Waals surface area contributed by atoms with Crippen molar-refractivity contribution in [3.05, 3.63) is 162 Å². The number of hydrogen-bond acceptors (Lipinski definition) is 13. The van der Waals surface area contributed by atoms with Crippen LogP contribution in [0.1, 0.15) is 11.1 Å². The zero-order valence-corrected chi connectivity index (χ0v) is 30.4. The van der Waals surface area contributed by atoms with Gasteiger partial charge >= 0.3 is 20.2 Å². The molecule has 0 saturated heterocycles. The maximum atomic E-state index is 11.9. The van der Waals surface area contributed by atoms with Crippen molar-refractivity contribution in [2.75, 3.05) is 10.6 Å². The van der Waals surface area contributed by atoms with Crippen molar-refractivity contribution in [3.8, 4) is 0 Å². The fourth-order valence-electron chi connectivity index (χ4n) is 5.39. The third-order valence-corrected chi connectivity index (χ3v) is 11.1. The van der Waals surface area contributed by atoms with Gasteiger partial charge < -0.3 is 15.2 Å². The number of nitrogens with one attached hydrogen (secondary N) is 3. The first-order chi connectivity index (χ1) is 25.7. The van der Waals surface area contributed by atoms with E-state index in [1.807, 2.05) is 72.8 Å². The van der Waals surface area contributed by atoms with Crippen molar-refractivity contribution < 1.29 is 43.4 Å². The Balaban J connectivity index is 1.29. The van der Waals surface area contributed by atoms with E-state index in [0.717, 1.165) is 39.4 Å². The van der Waals surface area contributed by atoms with Crippen molar-refractivity contribution >= 4 is 70.1 Å². The van der Waals surface area contributed by atoms with E-state index >= 15 is 0 Å². The monoisotopic (exact) mass is 785 g/mol. The molecule has 276 valence electrons. The normalized spacial score (nSPS) is 13.1. The average molecular weight is 786 g/mol. The van der Waals surface area contributed by atoms with Crippen LogP contribution in [0.4, 0.5) is 28.4 Å². The highest BCUT2D eigenvalue weighted by Gasteiger charge is 2.17. The molecule has 0 spiro atoms. The van der Waals surface area contributed by atoms with Gasteiger partial charge in [-0.15, -0.1) is 0 Å². The average Bonchev–Trinajstić information content (AvgIpc) is 3.17. The number of anilines is 4. The second-order valence-electron chi connectivity index (χ2n) is 11.6. The SMILES string of the molecule is NOS(=O)(=O)c1ccc(Nc2ccc(C(=C3C=CC(=[NH+]c4ccc(S(=O)(=O)ON)cc4)C=C3)c3ccc(Nc4ccc(S(=O)(=O)[O-])cc4)cc3)cc2)cc1. The van der Waals surface area contributed by atoms with Gasteiger partial charge in [0.2, 0.25) is 11.4 Å². The van der Waals surface area contributed by atoms with E-state index in [9.17, 15) is 29.8 Å². The summed E-state index contributed by atoms with van der Waals surface area (Å²) < 4.78 is 89.5. The second kappa shape index (κ2) is 15.7. The summed E-state index contributed by atoms with van der Waals surface area (Å²) in [5.41, 5.74) is 7.65. The molecule has 0 aliphatic heterocycles. The molecule has 14 nitrogen and oxygen atoms in total. The largest absolute Gasteiger partial charge is 0.744 e. The fourth-order valence-corrected chi connectivity index (χ4v) is 7.02. The summed E-state index contributed by atoms with van der Waals surface area (Å²) in [7, 11) is -12.6. The molecule has 0 fully saturated rings. The Bertz CT molecular complexity index is 2610. The van der Waals surface area contributed by atoms with Crippen molar-refractivity contribution in [2.24, 2.45) is 11.8 Å². The second-order valence-corrected chi connectivity index (χ2v) is 16.1. The summed E-state index contributed by atoms with van der Waals surface area (Å²) in [5.74, 6) is 9.75. The van der Waals surface area contributed by atoms with Crippen molar-refractivity contribution in [2.45, 2.75) is 14.7 Å². The summed E-state index contributed by atoms with van der Waals surface area (Å²) in [4.78, 5) is 2.77. The lowest BCUT2D eigenvalue weighted by Gasteiger charge is -2.16. The van der Waals surface area contributed by atoms with Crippen LogP contribution in [0.3, 0.4) is 0 Å². The lowest BCUT2D eigenvalue weighted by Crippen LogP contribution is -2.65. The Morgan fingerprint density at radius 3 is 1.22 bits per heavy atom. The van der Waals surface area contributed by atoms with Gasteiger partial charge in [0.05, 0.1) is 14.7 Å². The molecule has 7 N–H and O–H groups in total. The number of hydrogen-bond donors (Lipinski definition) is 5. The van der Waals surface area contributed by atoms with Crippen molar-refractivity contribution in [3.63, 3.8) is 0 Å². The molecular formula is C37H31N5O9S3. The highest BCUT2D eigenvalue weighted by molar-refractivity contribution is 7.87. The molecule has 17 heteroatoms. The van der Waals surface area contributed by atoms with E-state index in [-0.39, 0.29) is 14.7 Å². The summed E-state index contributed by atoms with van der Waals surface area (Å²) in [6.07, 6.45) is 7.67. The number of allylic oxidation sites excluding steroid dienone is 5. The van der Waals surface area contributed by atoms with Crippen LogP contribution in [-0.2, 0) is 38.9 Å². The summed E-state index contributed by atoms with van der Waals surface area (Å²) in [6, 6.07) is 32.7. The van der Waals surface area contributed by atoms with Crippen molar-refractivity contribution in [1.82, 2.24) is 0 Å². The van der Waals surface area contributed by atoms with Gasteiger partial charge in [0.15, 0.2) is 0 Å². The predicted octanol–water partition coefficient (Wildman–Crippen LogP) is 4.02. The third kappa shape index (κ3) is 9.05. The minimum Gasteiger partial charge on any atom is -0.744 e. The Morgan fingerprint density at radius 1 is 0.500 bits per heavy atom. The van der Waals surface area contributed by atoms with Gasteiger partial charge in [-0.2, -0.15) is 37.2 Å². The molecule has 0 radical (unpaired) electrons. The zero-order chi connectivity index (χ0) is 38.5. The Kier molecular flexibility index (Phi) is 11.0. The van der Waals surface area contributed by atoms with E-state index in [1.165, 1.54) is 48.5 Å². The molecule has 1 aliphatic rings. The first kappa shape index (κ1) is 38.0. The number of benzene rings is 5. The van der Waals surface area contributed by atoms with E-state index in [0.29, 0.717) is 17.1 Å². The van der Waals surface area contributed by atoms with Gasteiger partial charge in [-0.1, -0.05) is 24.3 Å². The molecule has 5 aromatic rings. The first-order valence-corrected chi connectivity index (χ1v) is 20.0. The lowest BCUT2D eigenvalue weighted by atomic mass is 9.90. The van der Waals surface area contributed by atoms with Crippen LogP contribution >= 0.6 is 0 Å². The van der Waals surface area contributed by atoms with Crippen LogP contribution < -0.4 is 27.4 Å². The maximum Gasteiger partial charge on any atom is 0.312 e. The molecule has 6 rings (SSSR count). The summed E-state index contributed by atoms with van der Waals surface area (Å²) in [5, 5.41) is 6.45. The molecule has 5 aromatic carbocycles. The molecule has 0 aromatic heterocycles. The minimum absolute atomic E-state index is 0.0776. The van der Waals surface area contributed by atoms with Crippen molar-refractivity contribution in [1.29, 1.82) is 0 Å². The molecular weight excluding hydrogens is 755 g/mol. The Labute approximate surface area is 311 Å². The Hall–Kier alpha value is -5.76. The van der Waals surface area contributed by atoms with E-state index in [4.69, 9.17) is 11.8 Å². The predicted molar refractivity (Wildman–Crippen MR) is 202 cm³/mol. The van der Waals surface area contributed by atoms with Crippen LogP contribution in [-0.4, -0.2) is 35.5 Å². The lowest BCUT2D eigenvalue weighted by molar-refractivity contribution is -0.351. The van der Waals surface area contributed by atoms with E-state index < -0.39 is 30.4 Å². The third-order valence-electron chi connectivity index (χ3n) is 8.07. The zero-order valence-electron chi connectivity index (χ0n) is 27.9. The summed E-state index contributed by atoms with van der Waals surface area (Å²) in [6.45, 7) is 0. The molecule has 1 aliphatic carbocycles. The highest BCUT2D eigenvalue weighted by Crippen LogP contribution is 2.32. The summed E-state index contributed by atoms with van der Waals surface area (Å²) >= 11 is 0. The maximum absolute atomic E-state index is 11.9. The Morgan fingerprint density at radius 2 is 0.852 bits per heavy atom. The smallest absolute Gasteiger partial charge is 0.312 e. The molecule has 0 unspecified atom stereocenters. The highest BCUT2D eigenvalue weighted by atomic mass is 32.2. The number of nitrogens with two attached hydrogens (primary N) is 2. The first-order valence-electron chi connectivity index (χ1n) is 15.8. The van der Waals surface area contributed by atoms with Gasteiger partial charge in [0, 0.05) is 47.0 Å². The number of rotatable bonds is 12. The molecule has 0 bridgehead atoms. The van der Waals surface area contributed by atoms with E-state index in [1.54, 1.807) is 24.3 Å². The van der Waals surface area contributed by atoms with Crippen LogP contribution in [0.2, 0.25) is 0 Å².